The highest BCUT2D eigenvalue weighted by molar-refractivity contribution is 7.88. The molecule has 1 aliphatic rings. The lowest BCUT2D eigenvalue weighted by Gasteiger charge is -2.27. The zero-order valence-electron chi connectivity index (χ0n) is 6.66. The normalized spacial score (nSPS) is 23.8. The molecule has 1 rings (SSSR count). The summed E-state index contributed by atoms with van der Waals surface area (Å²) >= 11 is 0. The van der Waals surface area contributed by atoms with Crippen LogP contribution in [0.15, 0.2) is 0 Å². The van der Waals surface area contributed by atoms with Crippen LogP contribution in [-0.4, -0.2) is 37.7 Å². The van der Waals surface area contributed by atoms with Gasteiger partial charge in [-0.3, -0.25) is 0 Å². The van der Waals surface area contributed by atoms with Crippen molar-refractivity contribution < 1.29 is 8.42 Å². The van der Waals surface area contributed by atoms with Gasteiger partial charge in [-0.1, -0.05) is 0 Å². The lowest BCUT2D eigenvalue weighted by molar-refractivity contribution is 0.355. The summed E-state index contributed by atoms with van der Waals surface area (Å²) in [4.78, 5) is 0. The fourth-order valence-corrected chi connectivity index (χ4v) is 2.38. The van der Waals surface area contributed by atoms with E-state index in [1.54, 1.807) is 4.31 Å². The molecule has 1 heterocycles. The molecule has 1 unspecified atom stereocenters. The van der Waals surface area contributed by atoms with E-state index in [2.05, 4.69) is 9.24 Å². The Morgan fingerprint density at radius 3 is 2.18 bits per heavy atom. The fourth-order valence-electron chi connectivity index (χ4n) is 1.21. The first-order chi connectivity index (χ1) is 5.00. The van der Waals surface area contributed by atoms with Crippen LogP contribution in [0, 0.1) is 0 Å². The van der Waals surface area contributed by atoms with Gasteiger partial charge in [0.15, 0.2) is 0 Å². The summed E-state index contributed by atoms with van der Waals surface area (Å²) in [6.45, 7) is 1.38. The summed E-state index contributed by atoms with van der Waals surface area (Å²) in [5, 5.41) is 0. The number of sulfonamides is 1. The van der Waals surface area contributed by atoms with Gasteiger partial charge >= 0.3 is 0 Å². The molecule has 11 heavy (non-hydrogen) atoms. The smallest absolute Gasteiger partial charge is 0.211 e. The number of hydrogen-bond donors (Lipinski definition) is 0. The van der Waals surface area contributed by atoms with Crippen LogP contribution in [0.5, 0.6) is 0 Å². The number of nitrogens with zero attached hydrogens (tertiary/aromatic N) is 1. The highest BCUT2D eigenvalue weighted by Crippen LogP contribution is 2.18. The van der Waals surface area contributed by atoms with Gasteiger partial charge in [0.2, 0.25) is 10.0 Å². The molecule has 0 aliphatic carbocycles. The van der Waals surface area contributed by atoms with Crippen LogP contribution in [0.25, 0.3) is 0 Å². The van der Waals surface area contributed by atoms with E-state index < -0.39 is 10.0 Å². The molecule has 0 spiro atoms. The molecule has 0 amide bonds. The summed E-state index contributed by atoms with van der Waals surface area (Å²) in [6, 6.07) is 0. The molecule has 66 valence electrons. The Kier molecular flexibility index (Phi) is 2.90. The van der Waals surface area contributed by atoms with Gasteiger partial charge in [-0.05, 0) is 18.5 Å². The van der Waals surface area contributed by atoms with Crippen LogP contribution < -0.4 is 0 Å². The largest absolute Gasteiger partial charge is 0.213 e. The maximum absolute atomic E-state index is 11.0. The second-order valence-corrected chi connectivity index (χ2v) is 5.92. The number of rotatable bonds is 1. The monoisotopic (exact) mass is 195 g/mol. The third-order valence-corrected chi connectivity index (χ3v) is 3.94. The van der Waals surface area contributed by atoms with E-state index in [0.29, 0.717) is 18.7 Å². The van der Waals surface area contributed by atoms with E-state index in [1.807, 2.05) is 0 Å². The molecule has 0 bridgehead atoms. The Bertz CT molecular complexity index is 219. The quantitative estimate of drug-likeness (QED) is 0.564. The topological polar surface area (TPSA) is 37.4 Å². The lowest BCUT2D eigenvalue weighted by Crippen LogP contribution is -2.37. The molecule has 1 fully saturated rings. The summed E-state index contributed by atoms with van der Waals surface area (Å²) in [5.41, 5.74) is 0.605. The lowest BCUT2D eigenvalue weighted by atomic mass is 10.2. The van der Waals surface area contributed by atoms with Gasteiger partial charge in [-0.25, -0.2) is 12.7 Å². The Labute approximate surface area is 70.4 Å². The number of piperidine rings is 1. The molecule has 0 aromatic rings. The second kappa shape index (κ2) is 3.38. The predicted octanol–water partition coefficient (Wildman–Crippen LogP) is 0.286. The summed E-state index contributed by atoms with van der Waals surface area (Å²) < 4.78 is 23.6. The maximum Gasteiger partial charge on any atom is 0.211 e. The molecule has 5 heteroatoms. The van der Waals surface area contributed by atoms with Crippen LogP contribution >= 0.6 is 9.24 Å². The molecule has 0 aromatic heterocycles. The minimum Gasteiger partial charge on any atom is -0.213 e. The first-order valence-electron chi connectivity index (χ1n) is 3.71. The van der Waals surface area contributed by atoms with Gasteiger partial charge in [-0.2, -0.15) is 0 Å². The van der Waals surface area contributed by atoms with Crippen molar-refractivity contribution in [3.63, 3.8) is 0 Å². The highest BCUT2D eigenvalue weighted by Gasteiger charge is 2.22. The van der Waals surface area contributed by atoms with Crippen LogP contribution in [0.2, 0.25) is 0 Å². The Hall–Kier alpha value is 0.340. The second-order valence-electron chi connectivity index (χ2n) is 3.00. The average Bonchev–Trinajstić information content (AvgIpc) is 1.86. The molecule has 0 saturated carbocycles. The number of hydrogen-bond acceptors (Lipinski definition) is 2. The van der Waals surface area contributed by atoms with E-state index in [4.69, 9.17) is 0 Å². The molecular weight excluding hydrogens is 181 g/mol. The third kappa shape index (κ3) is 2.69. The Morgan fingerprint density at radius 1 is 1.36 bits per heavy atom. The van der Waals surface area contributed by atoms with Gasteiger partial charge in [0, 0.05) is 13.1 Å². The highest BCUT2D eigenvalue weighted by atomic mass is 32.2. The van der Waals surface area contributed by atoms with Gasteiger partial charge < -0.3 is 0 Å². The Morgan fingerprint density at radius 2 is 1.82 bits per heavy atom. The van der Waals surface area contributed by atoms with Crippen LogP contribution in [0.4, 0.5) is 0 Å². The van der Waals surface area contributed by atoms with Crippen molar-refractivity contribution in [3.8, 4) is 0 Å². The summed E-state index contributed by atoms with van der Waals surface area (Å²) in [7, 11) is -0.184. The van der Waals surface area contributed by atoms with Crippen molar-refractivity contribution in [2.45, 2.75) is 18.5 Å². The van der Waals surface area contributed by atoms with Gasteiger partial charge in [0.25, 0.3) is 0 Å². The van der Waals surface area contributed by atoms with Crippen molar-refractivity contribution in [2.24, 2.45) is 0 Å². The first kappa shape index (κ1) is 9.43. The van der Waals surface area contributed by atoms with Crippen LogP contribution in [0.3, 0.4) is 0 Å². The minimum absolute atomic E-state index is 0.605. The van der Waals surface area contributed by atoms with Crippen molar-refractivity contribution in [3.05, 3.63) is 0 Å². The first-order valence-corrected chi connectivity index (χ1v) is 6.22. The summed E-state index contributed by atoms with van der Waals surface area (Å²) in [6.07, 6.45) is 3.21. The van der Waals surface area contributed by atoms with Crippen LogP contribution in [0.1, 0.15) is 12.8 Å². The Balaban J connectivity index is 2.53. The zero-order valence-corrected chi connectivity index (χ0v) is 8.63. The van der Waals surface area contributed by atoms with Crippen molar-refractivity contribution >= 4 is 19.3 Å². The third-order valence-electron chi connectivity index (χ3n) is 1.97. The molecule has 3 nitrogen and oxygen atoms in total. The van der Waals surface area contributed by atoms with E-state index in [0.717, 1.165) is 12.8 Å². The van der Waals surface area contributed by atoms with E-state index in [1.165, 1.54) is 6.26 Å². The molecule has 0 N–H and O–H groups in total. The molecule has 0 aromatic carbocycles. The van der Waals surface area contributed by atoms with Crippen molar-refractivity contribution in [1.29, 1.82) is 0 Å². The average molecular weight is 195 g/mol. The van der Waals surface area contributed by atoms with Gasteiger partial charge in [0.1, 0.15) is 0 Å². The van der Waals surface area contributed by atoms with Crippen molar-refractivity contribution in [2.75, 3.05) is 19.3 Å². The fraction of sp³-hybridized carbons (Fsp3) is 1.00. The maximum atomic E-state index is 11.0. The molecule has 1 aliphatic heterocycles. The predicted molar refractivity (Wildman–Crippen MR) is 49.1 cm³/mol. The van der Waals surface area contributed by atoms with Crippen LogP contribution in [-0.2, 0) is 10.0 Å². The van der Waals surface area contributed by atoms with E-state index in [9.17, 15) is 8.42 Å². The molecular formula is C6H14NO2PS. The molecule has 0 radical (unpaired) electrons. The summed E-state index contributed by atoms with van der Waals surface area (Å²) in [5.74, 6) is 0. The molecule has 1 saturated heterocycles. The zero-order chi connectivity index (χ0) is 8.48. The van der Waals surface area contributed by atoms with E-state index >= 15 is 0 Å². The standard InChI is InChI=1S/C6H14NO2PS/c1-11(8,9)7-4-2-6(10)3-5-7/h6H,2-5,10H2,1H3. The van der Waals surface area contributed by atoms with Gasteiger partial charge in [-0.15, -0.1) is 9.24 Å². The molecule has 1 atom stereocenters. The van der Waals surface area contributed by atoms with E-state index in [-0.39, 0.29) is 0 Å². The van der Waals surface area contributed by atoms with Gasteiger partial charge in [0.05, 0.1) is 6.26 Å². The van der Waals surface area contributed by atoms with Crippen molar-refractivity contribution in [1.82, 2.24) is 4.31 Å². The minimum atomic E-state index is -2.93. The SMILES string of the molecule is CS(=O)(=O)N1CCC(P)CC1.